The van der Waals surface area contributed by atoms with Crippen LogP contribution in [0.15, 0.2) is 0 Å². The normalized spacial score (nSPS) is 10.4. The number of hydrogen-bond acceptors (Lipinski definition) is 4. The second-order valence-corrected chi connectivity index (χ2v) is 3.85. The molecule has 82 valence electrons. The molecule has 4 nitrogen and oxygen atoms in total. The van der Waals surface area contributed by atoms with Gasteiger partial charge in [-0.05, 0) is 5.92 Å². The molecule has 0 aromatic heterocycles. The summed E-state index contributed by atoms with van der Waals surface area (Å²) in [5, 5.41) is 0. The highest BCUT2D eigenvalue weighted by Gasteiger charge is 2.10. The molecule has 0 saturated heterocycles. The summed E-state index contributed by atoms with van der Waals surface area (Å²) in [6.45, 7) is 7.00. The van der Waals surface area contributed by atoms with Gasteiger partial charge in [-0.2, -0.15) is 0 Å². The van der Waals surface area contributed by atoms with Gasteiger partial charge in [-0.25, -0.2) is 0 Å². The quantitative estimate of drug-likeness (QED) is 0.503. The SMILES string of the molecule is CC(C)CC(=O)OCOC(=O)C(C)C. The highest BCUT2D eigenvalue weighted by molar-refractivity contribution is 5.72. The Morgan fingerprint density at radius 1 is 1.07 bits per heavy atom. The maximum absolute atomic E-state index is 11.0. The lowest BCUT2D eigenvalue weighted by Gasteiger charge is -2.08. The summed E-state index contributed by atoms with van der Waals surface area (Å²) in [4.78, 5) is 21.9. The van der Waals surface area contributed by atoms with Crippen molar-refractivity contribution in [1.82, 2.24) is 0 Å². The van der Waals surface area contributed by atoms with Crippen LogP contribution in [-0.2, 0) is 19.1 Å². The molecule has 0 amide bonds. The lowest BCUT2D eigenvalue weighted by Crippen LogP contribution is -2.17. The van der Waals surface area contributed by atoms with Crippen LogP contribution in [0.25, 0.3) is 0 Å². The van der Waals surface area contributed by atoms with Crippen LogP contribution in [-0.4, -0.2) is 18.7 Å². The van der Waals surface area contributed by atoms with Crippen molar-refractivity contribution in [1.29, 1.82) is 0 Å². The first-order valence-corrected chi connectivity index (χ1v) is 4.75. The average Bonchev–Trinajstić information content (AvgIpc) is 2.02. The molecule has 0 fully saturated rings. The van der Waals surface area contributed by atoms with E-state index in [0.29, 0.717) is 6.42 Å². The fourth-order valence-electron chi connectivity index (χ4n) is 0.712. The van der Waals surface area contributed by atoms with Crippen LogP contribution in [0.4, 0.5) is 0 Å². The zero-order chi connectivity index (χ0) is 11.1. The van der Waals surface area contributed by atoms with E-state index >= 15 is 0 Å². The van der Waals surface area contributed by atoms with Crippen molar-refractivity contribution >= 4 is 11.9 Å². The molecule has 4 heteroatoms. The van der Waals surface area contributed by atoms with Crippen molar-refractivity contribution < 1.29 is 19.1 Å². The second-order valence-electron chi connectivity index (χ2n) is 3.85. The van der Waals surface area contributed by atoms with E-state index in [1.165, 1.54) is 0 Å². The van der Waals surface area contributed by atoms with Crippen LogP contribution in [0.5, 0.6) is 0 Å². The van der Waals surface area contributed by atoms with Crippen molar-refractivity contribution in [3.8, 4) is 0 Å². The van der Waals surface area contributed by atoms with E-state index in [1.807, 2.05) is 13.8 Å². The van der Waals surface area contributed by atoms with E-state index < -0.39 is 0 Å². The smallest absolute Gasteiger partial charge is 0.311 e. The Bertz CT molecular complexity index is 196. The van der Waals surface area contributed by atoms with Crippen LogP contribution in [0.1, 0.15) is 34.1 Å². The molecule has 0 unspecified atom stereocenters. The van der Waals surface area contributed by atoms with E-state index in [4.69, 9.17) is 4.74 Å². The van der Waals surface area contributed by atoms with E-state index in [2.05, 4.69) is 4.74 Å². The predicted molar refractivity (Wildman–Crippen MR) is 51.3 cm³/mol. The molecule has 0 aliphatic carbocycles. The molecule has 14 heavy (non-hydrogen) atoms. The lowest BCUT2D eigenvalue weighted by molar-refractivity contribution is -0.169. The first-order valence-electron chi connectivity index (χ1n) is 4.75. The standard InChI is InChI=1S/C10H18O4/c1-7(2)5-9(11)13-6-14-10(12)8(3)4/h7-8H,5-6H2,1-4H3. The molecule has 0 aliphatic rings. The second kappa shape index (κ2) is 6.40. The van der Waals surface area contributed by atoms with Crippen LogP contribution < -0.4 is 0 Å². The van der Waals surface area contributed by atoms with Crippen LogP contribution in [0.3, 0.4) is 0 Å². The number of hydrogen-bond donors (Lipinski definition) is 0. The minimum absolute atomic E-state index is 0.196. The van der Waals surface area contributed by atoms with Gasteiger partial charge in [0.05, 0.1) is 5.92 Å². The number of carbonyl (C=O) groups excluding carboxylic acids is 2. The monoisotopic (exact) mass is 202 g/mol. The van der Waals surface area contributed by atoms with Gasteiger partial charge < -0.3 is 9.47 Å². The van der Waals surface area contributed by atoms with Crippen LogP contribution >= 0.6 is 0 Å². The van der Waals surface area contributed by atoms with Crippen molar-refractivity contribution in [3.05, 3.63) is 0 Å². The summed E-state index contributed by atoms with van der Waals surface area (Å²) < 4.78 is 9.37. The molecule has 0 N–H and O–H groups in total. The lowest BCUT2D eigenvalue weighted by atomic mass is 10.1. The van der Waals surface area contributed by atoms with Gasteiger partial charge in [-0.1, -0.05) is 27.7 Å². The maximum Gasteiger partial charge on any atom is 0.311 e. The number of carbonyl (C=O) groups is 2. The topological polar surface area (TPSA) is 52.6 Å². The van der Waals surface area contributed by atoms with Gasteiger partial charge in [0.15, 0.2) is 0 Å². The summed E-state index contributed by atoms with van der Waals surface area (Å²) in [5.41, 5.74) is 0. The third-order valence-corrected chi connectivity index (χ3v) is 1.47. The Balaban J connectivity index is 3.54. The molecular formula is C10H18O4. The molecular weight excluding hydrogens is 184 g/mol. The molecule has 0 spiro atoms. The first-order chi connectivity index (χ1) is 6.43. The number of ether oxygens (including phenoxy) is 2. The Hall–Kier alpha value is -1.06. The number of rotatable bonds is 5. The summed E-state index contributed by atoms with van der Waals surface area (Å²) in [7, 11) is 0. The van der Waals surface area contributed by atoms with Gasteiger partial charge in [-0.15, -0.1) is 0 Å². The Kier molecular flexibility index (Phi) is 5.92. The van der Waals surface area contributed by atoms with Crippen LogP contribution in [0.2, 0.25) is 0 Å². The summed E-state index contributed by atoms with van der Waals surface area (Å²) in [5.74, 6) is -0.638. The zero-order valence-electron chi connectivity index (χ0n) is 9.20. The fourth-order valence-corrected chi connectivity index (χ4v) is 0.712. The van der Waals surface area contributed by atoms with Crippen molar-refractivity contribution in [2.75, 3.05) is 6.79 Å². The minimum atomic E-state index is -0.359. The molecule has 0 radical (unpaired) electrons. The van der Waals surface area contributed by atoms with Gasteiger partial charge in [0, 0.05) is 6.42 Å². The first kappa shape index (κ1) is 12.9. The van der Waals surface area contributed by atoms with Crippen molar-refractivity contribution in [3.63, 3.8) is 0 Å². The maximum atomic E-state index is 11.0. The Labute approximate surface area is 84.6 Å². The Morgan fingerprint density at radius 3 is 2.07 bits per heavy atom. The number of esters is 2. The summed E-state index contributed by atoms with van der Waals surface area (Å²) >= 11 is 0. The molecule has 0 aliphatic heterocycles. The van der Waals surface area contributed by atoms with Gasteiger partial charge in [0.2, 0.25) is 6.79 Å². The summed E-state index contributed by atoms with van der Waals surface area (Å²) in [6, 6.07) is 0. The van der Waals surface area contributed by atoms with Gasteiger partial charge in [-0.3, -0.25) is 9.59 Å². The largest absolute Gasteiger partial charge is 0.428 e. The third-order valence-electron chi connectivity index (χ3n) is 1.47. The Morgan fingerprint density at radius 2 is 1.64 bits per heavy atom. The van der Waals surface area contributed by atoms with Crippen molar-refractivity contribution in [2.45, 2.75) is 34.1 Å². The van der Waals surface area contributed by atoms with Crippen molar-refractivity contribution in [2.24, 2.45) is 11.8 Å². The van der Waals surface area contributed by atoms with E-state index in [0.717, 1.165) is 0 Å². The zero-order valence-corrected chi connectivity index (χ0v) is 9.20. The highest BCUT2D eigenvalue weighted by atomic mass is 16.7. The molecule has 0 rings (SSSR count). The minimum Gasteiger partial charge on any atom is -0.428 e. The molecule has 0 heterocycles. The average molecular weight is 202 g/mol. The predicted octanol–water partition coefficient (Wildman–Crippen LogP) is 1.73. The highest BCUT2D eigenvalue weighted by Crippen LogP contribution is 2.01. The van der Waals surface area contributed by atoms with Crippen LogP contribution in [0, 0.1) is 11.8 Å². The molecule has 0 bridgehead atoms. The molecule has 0 saturated carbocycles. The molecule has 0 aromatic rings. The molecule has 0 aromatic carbocycles. The van der Waals surface area contributed by atoms with Gasteiger partial charge in [0.25, 0.3) is 0 Å². The third kappa shape index (κ3) is 6.46. The fraction of sp³-hybridized carbons (Fsp3) is 0.800. The van der Waals surface area contributed by atoms with E-state index in [9.17, 15) is 9.59 Å². The van der Waals surface area contributed by atoms with E-state index in [-0.39, 0.29) is 30.6 Å². The summed E-state index contributed by atoms with van der Waals surface area (Å²) in [6.07, 6.45) is 0.346. The molecule has 0 atom stereocenters. The van der Waals surface area contributed by atoms with E-state index in [1.54, 1.807) is 13.8 Å². The van der Waals surface area contributed by atoms with Gasteiger partial charge >= 0.3 is 11.9 Å². The van der Waals surface area contributed by atoms with Gasteiger partial charge in [0.1, 0.15) is 0 Å².